The summed E-state index contributed by atoms with van der Waals surface area (Å²) in [5.41, 5.74) is 2.39. The number of carbonyl (C=O) groups is 2. The number of ether oxygens (including phenoxy) is 1. The van der Waals surface area contributed by atoms with E-state index in [1.807, 2.05) is 13.8 Å². The van der Waals surface area contributed by atoms with Crippen molar-refractivity contribution in [2.24, 2.45) is 5.10 Å². The van der Waals surface area contributed by atoms with Gasteiger partial charge in [-0.1, -0.05) is 13.3 Å². The van der Waals surface area contributed by atoms with Crippen LogP contribution in [0.1, 0.15) is 42.6 Å². The van der Waals surface area contributed by atoms with Crippen LogP contribution in [0.3, 0.4) is 0 Å². The lowest BCUT2D eigenvalue weighted by molar-refractivity contribution is -0.114. The highest BCUT2D eigenvalue weighted by Gasteiger charge is 2.30. The maximum atomic E-state index is 13.1. The van der Waals surface area contributed by atoms with E-state index in [-0.39, 0.29) is 17.2 Å². The van der Waals surface area contributed by atoms with Crippen molar-refractivity contribution in [3.05, 3.63) is 57.6 Å². The van der Waals surface area contributed by atoms with Crippen LogP contribution < -0.4 is 9.75 Å². The minimum absolute atomic E-state index is 0.000607. The first-order valence-electron chi connectivity index (χ1n) is 9.48. The summed E-state index contributed by atoms with van der Waals surface area (Å²) in [6, 6.07) is 9.35. The molecule has 1 aliphatic rings. The number of rotatable bonds is 7. The molecule has 2 aromatic rings. The fourth-order valence-corrected chi connectivity index (χ4v) is 3.51. The molecule has 1 heterocycles. The second-order valence-corrected chi connectivity index (χ2v) is 7.46. The molecule has 2 aromatic carbocycles. The molecular weight excluding hydrogens is 452 g/mol. The summed E-state index contributed by atoms with van der Waals surface area (Å²) < 4.78 is 5.92. The van der Waals surface area contributed by atoms with Crippen molar-refractivity contribution in [3.63, 3.8) is 0 Å². The summed E-state index contributed by atoms with van der Waals surface area (Å²) in [7, 11) is 0. The molecule has 0 atom stereocenters. The molecule has 156 valence electrons. The zero-order valence-electron chi connectivity index (χ0n) is 16.6. The third-order valence-electron chi connectivity index (χ3n) is 4.46. The SMILES string of the molecule is CCCC1=NN(c2ccc(C(=O)O)cc2)C(=O)/C1=C/c1cc(Br)c(O)c(OCC)c1. The summed E-state index contributed by atoms with van der Waals surface area (Å²) in [6.07, 6.45) is 3.13. The minimum Gasteiger partial charge on any atom is -0.503 e. The van der Waals surface area contributed by atoms with Gasteiger partial charge in [-0.25, -0.2) is 4.79 Å². The monoisotopic (exact) mass is 472 g/mol. The number of hydrogen-bond acceptors (Lipinski definition) is 5. The van der Waals surface area contributed by atoms with E-state index in [0.29, 0.717) is 45.8 Å². The largest absolute Gasteiger partial charge is 0.503 e. The van der Waals surface area contributed by atoms with E-state index in [0.717, 1.165) is 6.42 Å². The van der Waals surface area contributed by atoms with Gasteiger partial charge in [0.15, 0.2) is 11.5 Å². The van der Waals surface area contributed by atoms with Crippen LogP contribution in [0.4, 0.5) is 5.69 Å². The Morgan fingerprint density at radius 3 is 2.53 bits per heavy atom. The highest BCUT2D eigenvalue weighted by molar-refractivity contribution is 9.10. The Balaban J connectivity index is 1.99. The van der Waals surface area contributed by atoms with Crippen molar-refractivity contribution in [1.82, 2.24) is 0 Å². The highest BCUT2D eigenvalue weighted by Crippen LogP contribution is 2.37. The van der Waals surface area contributed by atoms with E-state index in [1.54, 1.807) is 30.3 Å². The predicted molar refractivity (Wildman–Crippen MR) is 118 cm³/mol. The lowest BCUT2D eigenvalue weighted by Crippen LogP contribution is -2.21. The van der Waals surface area contributed by atoms with Gasteiger partial charge in [0, 0.05) is 0 Å². The first kappa shape index (κ1) is 21.6. The topological polar surface area (TPSA) is 99.4 Å². The molecule has 1 aliphatic heterocycles. The molecule has 0 spiro atoms. The van der Waals surface area contributed by atoms with Crippen LogP contribution >= 0.6 is 15.9 Å². The van der Waals surface area contributed by atoms with Crippen molar-refractivity contribution in [3.8, 4) is 11.5 Å². The molecule has 0 saturated heterocycles. The van der Waals surface area contributed by atoms with Gasteiger partial charge in [0.25, 0.3) is 5.91 Å². The van der Waals surface area contributed by atoms with Crippen LogP contribution in [0.5, 0.6) is 11.5 Å². The lowest BCUT2D eigenvalue weighted by atomic mass is 10.0. The molecule has 1 amide bonds. The number of carbonyl (C=O) groups excluding carboxylic acids is 1. The van der Waals surface area contributed by atoms with Crippen molar-refractivity contribution in [2.45, 2.75) is 26.7 Å². The van der Waals surface area contributed by atoms with Crippen LogP contribution in [0.25, 0.3) is 6.08 Å². The van der Waals surface area contributed by atoms with Crippen LogP contribution in [0.15, 0.2) is 51.5 Å². The lowest BCUT2D eigenvalue weighted by Gasteiger charge is -2.12. The Bertz CT molecular complexity index is 1040. The standard InChI is InChI=1S/C22H21BrN2O5/c1-3-5-18-16(10-13-11-17(23)20(26)19(12-13)30-4-2)21(27)25(24-18)15-8-6-14(7-9-15)22(28)29/h6-12,26H,3-5H2,1-2H3,(H,28,29)/b16-10+. The molecule has 8 heteroatoms. The third kappa shape index (κ3) is 4.38. The normalized spacial score (nSPS) is 14.9. The van der Waals surface area contributed by atoms with Crippen molar-refractivity contribution in [2.75, 3.05) is 11.6 Å². The molecular formula is C22H21BrN2O5. The number of carboxylic acid groups (broad SMARTS) is 1. The van der Waals surface area contributed by atoms with E-state index in [2.05, 4.69) is 21.0 Å². The smallest absolute Gasteiger partial charge is 0.335 e. The second kappa shape index (κ2) is 9.13. The van der Waals surface area contributed by atoms with Gasteiger partial charge >= 0.3 is 5.97 Å². The zero-order chi connectivity index (χ0) is 21.8. The van der Waals surface area contributed by atoms with Crippen LogP contribution in [0, 0.1) is 0 Å². The number of phenolic OH excluding ortho intramolecular Hbond substituents is 1. The van der Waals surface area contributed by atoms with Gasteiger partial charge in [0.2, 0.25) is 0 Å². The number of hydrogen-bond donors (Lipinski definition) is 2. The number of hydrazone groups is 1. The molecule has 0 unspecified atom stereocenters. The number of aromatic hydroxyl groups is 1. The third-order valence-corrected chi connectivity index (χ3v) is 5.07. The summed E-state index contributed by atoms with van der Waals surface area (Å²) in [4.78, 5) is 24.2. The summed E-state index contributed by atoms with van der Waals surface area (Å²) in [5.74, 6) is -1.02. The average Bonchev–Trinajstić information content (AvgIpc) is 3.02. The molecule has 3 rings (SSSR count). The fraction of sp³-hybridized carbons (Fsp3) is 0.227. The molecule has 7 nitrogen and oxygen atoms in total. The average molecular weight is 473 g/mol. The van der Waals surface area contributed by atoms with Gasteiger partial charge in [-0.15, -0.1) is 0 Å². The van der Waals surface area contributed by atoms with Crippen molar-refractivity contribution in [1.29, 1.82) is 0 Å². The summed E-state index contributed by atoms with van der Waals surface area (Å²) >= 11 is 3.31. The molecule has 0 saturated carbocycles. The fourth-order valence-electron chi connectivity index (χ4n) is 3.05. The Hall–Kier alpha value is -3.13. The van der Waals surface area contributed by atoms with E-state index in [9.17, 15) is 14.7 Å². The second-order valence-electron chi connectivity index (χ2n) is 6.61. The van der Waals surface area contributed by atoms with Gasteiger partial charge in [-0.05, 0) is 77.3 Å². The van der Waals surface area contributed by atoms with E-state index in [1.165, 1.54) is 17.1 Å². The van der Waals surface area contributed by atoms with Crippen molar-refractivity contribution >= 4 is 45.3 Å². The van der Waals surface area contributed by atoms with Gasteiger partial charge in [0.1, 0.15) is 0 Å². The number of halogens is 1. The minimum atomic E-state index is -1.03. The summed E-state index contributed by atoms with van der Waals surface area (Å²) in [5, 5.41) is 24.9. The first-order valence-corrected chi connectivity index (χ1v) is 10.3. The Kier molecular flexibility index (Phi) is 6.56. The molecule has 0 aromatic heterocycles. The molecule has 30 heavy (non-hydrogen) atoms. The van der Waals surface area contributed by atoms with Crippen LogP contribution in [-0.2, 0) is 4.79 Å². The van der Waals surface area contributed by atoms with E-state index >= 15 is 0 Å². The number of anilines is 1. The van der Waals surface area contributed by atoms with Gasteiger partial charge < -0.3 is 14.9 Å². The molecule has 0 aliphatic carbocycles. The molecule has 0 radical (unpaired) electrons. The summed E-state index contributed by atoms with van der Waals surface area (Å²) in [6.45, 7) is 4.21. The van der Waals surface area contributed by atoms with E-state index in [4.69, 9.17) is 9.84 Å². The van der Waals surface area contributed by atoms with E-state index < -0.39 is 5.97 Å². The molecule has 0 bridgehead atoms. The number of amides is 1. The quantitative estimate of drug-likeness (QED) is 0.561. The van der Waals surface area contributed by atoms with Crippen LogP contribution in [-0.4, -0.2) is 34.4 Å². The Morgan fingerprint density at radius 2 is 1.93 bits per heavy atom. The van der Waals surface area contributed by atoms with Gasteiger partial charge in [0.05, 0.1) is 33.6 Å². The number of benzene rings is 2. The van der Waals surface area contributed by atoms with Crippen LogP contribution in [0.2, 0.25) is 0 Å². The predicted octanol–water partition coefficient (Wildman–Crippen LogP) is 4.84. The van der Waals surface area contributed by atoms with Gasteiger partial charge in [-0.2, -0.15) is 10.1 Å². The number of phenols is 1. The Morgan fingerprint density at radius 1 is 1.23 bits per heavy atom. The molecule has 0 fully saturated rings. The highest BCUT2D eigenvalue weighted by atomic mass is 79.9. The number of carboxylic acids is 1. The zero-order valence-corrected chi connectivity index (χ0v) is 18.1. The molecule has 2 N–H and O–H groups in total. The number of nitrogens with zero attached hydrogens (tertiary/aromatic N) is 2. The Labute approximate surface area is 182 Å². The number of aromatic carboxylic acids is 1. The first-order chi connectivity index (χ1) is 14.3. The maximum absolute atomic E-state index is 13.1. The van der Waals surface area contributed by atoms with Crippen molar-refractivity contribution < 1.29 is 24.5 Å². The van der Waals surface area contributed by atoms with Gasteiger partial charge in [-0.3, -0.25) is 4.79 Å². The maximum Gasteiger partial charge on any atom is 0.335 e.